The van der Waals surface area contributed by atoms with E-state index in [-0.39, 0.29) is 10.6 Å². The topological polar surface area (TPSA) is 62.5 Å². The number of likely N-dealkylation sites (tertiary alicyclic amines) is 1. The van der Waals surface area contributed by atoms with E-state index in [1.807, 2.05) is 11.9 Å². The second kappa shape index (κ2) is 6.29. The Balaban J connectivity index is 2.05. The zero-order valence-electron chi connectivity index (χ0n) is 10.9. The molecule has 1 saturated heterocycles. The van der Waals surface area contributed by atoms with E-state index in [4.69, 9.17) is 0 Å². The summed E-state index contributed by atoms with van der Waals surface area (Å²) in [7, 11) is 1.85. The molecular formula is C12H17BrN4O2. The quantitative estimate of drug-likeness (QED) is 0.613. The molecule has 0 saturated carbocycles. The number of pyridine rings is 1. The van der Waals surface area contributed by atoms with Crippen LogP contribution in [0.1, 0.15) is 12.8 Å². The molecule has 0 amide bonds. The Morgan fingerprint density at radius 2 is 2.21 bits per heavy atom. The van der Waals surface area contributed by atoms with E-state index in [0.717, 1.165) is 26.2 Å². The molecule has 104 valence electrons. The molecule has 2 heterocycles. The molecule has 1 aromatic heterocycles. The average Bonchev–Trinajstić information content (AvgIpc) is 2.88. The first kappa shape index (κ1) is 14.2. The number of nitrogens with zero attached hydrogens (tertiary/aromatic N) is 4. The lowest BCUT2D eigenvalue weighted by molar-refractivity contribution is -0.384. The molecule has 0 unspecified atom stereocenters. The summed E-state index contributed by atoms with van der Waals surface area (Å²) < 4.78 is 0.621. The zero-order chi connectivity index (χ0) is 13.8. The van der Waals surface area contributed by atoms with Crippen LogP contribution in [0.25, 0.3) is 0 Å². The van der Waals surface area contributed by atoms with Crippen LogP contribution in [0, 0.1) is 10.1 Å². The molecule has 0 aliphatic carbocycles. The van der Waals surface area contributed by atoms with E-state index in [1.165, 1.54) is 18.9 Å². The minimum atomic E-state index is -0.389. The van der Waals surface area contributed by atoms with Gasteiger partial charge in [0, 0.05) is 36.9 Å². The Hall–Kier alpha value is -1.21. The maximum Gasteiger partial charge on any atom is 0.312 e. The molecule has 0 spiro atoms. The highest BCUT2D eigenvalue weighted by Gasteiger charge is 2.20. The summed E-state index contributed by atoms with van der Waals surface area (Å²) in [5.41, 5.74) is 0.0401. The van der Waals surface area contributed by atoms with Gasteiger partial charge in [-0.3, -0.25) is 10.1 Å². The van der Waals surface area contributed by atoms with Crippen LogP contribution in [-0.4, -0.2) is 48.0 Å². The summed E-state index contributed by atoms with van der Waals surface area (Å²) in [5.74, 6) is 0.424. The number of halogens is 1. The lowest BCUT2D eigenvalue weighted by Gasteiger charge is -2.22. The third-order valence-corrected chi connectivity index (χ3v) is 3.76. The van der Waals surface area contributed by atoms with Gasteiger partial charge in [-0.25, -0.2) is 4.98 Å². The van der Waals surface area contributed by atoms with Gasteiger partial charge in [-0.05, 0) is 41.9 Å². The number of aromatic nitrogens is 1. The third kappa shape index (κ3) is 3.63. The van der Waals surface area contributed by atoms with E-state index in [9.17, 15) is 10.1 Å². The lowest BCUT2D eigenvalue weighted by Crippen LogP contribution is -2.32. The van der Waals surface area contributed by atoms with Crippen LogP contribution >= 0.6 is 15.9 Å². The molecule has 6 nitrogen and oxygen atoms in total. The van der Waals surface area contributed by atoms with Crippen molar-refractivity contribution in [3.63, 3.8) is 0 Å². The van der Waals surface area contributed by atoms with Crippen molar-refractivity contribution >= 4 is 27.4 Å². The Morgan fingerprint density at radius 1 is 1.53 bits per heavy atom. The summed E-state index contributed by atoms with van der Waals surface area (Å²) in [6.45, 7) is 3.92. The molecule has 1 aliphatic rings. The van der Waals surface area contributed by atoms with Gasteiger partial charge in [0.2, 0.25) is 5.82 Å². The molecule has 1 fully saturated rings. The van der Waals surface area contributed by atoms with Crippen molar-refractivity contribution in [3.8, 4) is 0 Å². The molecular weight excluding hydrogens is 312 g/mol. The number of hydrogen-bond acceptors (Lipinski definition) is 5. The van der Waals surface area contributed by atoms with E-state index in [1.54, 1.807) is 6.20 Å². The van der Waals surface area contributed by atoms with Gasteiger partial charge in [0.25, 0.3) is 0 Å². The highest BCUT2D eigenvalue weighted by atomic mass is 79.9. The number of anilines is 1. The van der Waals surface area contributed by atoms with Gasteiger partial charge in [0.15, 0.2) is 0 Å². The molecule has 0 radical (unpaired) electrons. The SMILES string of the molecule is CN(CCN1CCCC1)c1ncc(Br)cc1[N+](=O)[O-]. The van der Waals surface area contributed by atoms with Gasteiger partial charge in [0.05, 0.1) is 4.92 Å². The smallest absolute Gasteiger partial charge is 0.312 e. The fraction of sp³-hybridized carbons (Fsp3) is 0.583. The standard InChI is InChI=1S/C12H17BrN4O2/c1-15(6-7-16-4-2-3-5-16)12-11(17(18)19)8-10(13)9-14-12/h8-9H,2-7H2,1H3. The zero-order valence-corrected chi connectivity index (χ0v) is 12.5. The summed E-state index contributed by atoms with van der Waals surface area (Å²) in [4.78, 5) is 19.0. The minimum Gasteiger partial charge on any atom is -0.353 e. The first-order valence-electron chi connectivity index (χ1n) is 6.31. The predicted octanol–water partition coefficient (Wildman–Crippen LogP) is 2.28. The second-order valence-electron chi connectivity index (χ2n) is 4.72. The summed E-state index contributed by atoms with van der Waals surface area (Å²) >= 11 is 3.21. The van der Waals surface area contributed by atoms with Crippen LogP contribution in [0.3, 0.4) is 0 Å². The molecule has 0 aromatic carbocycles. The van der Waals surface area contributed by atoms with E-state index >= 15 is 0 Å². The number of rotatable bonds is 5. The summed E-state index contributed by atoms with van der Waals surface area (Å²) in [6, 6.07) is 1.49. The van der Waals surface area contributed by atoms with Crippen LogP contribution in [0.2, 0.25) is 0 Å². The van der Waals surface area contributed by atoms with Crippen molar-refractivity contribution in [3.05, 3.63) is 26.9 Å². The summed E-state index contributed by atoms with van der Waals surface area (Å²) in [5, 5.41) is 11.0. The highest BCUT2D eigenvalue weighted by molar-refractivity contribution is 9.10. The van der Waals surface area contributed by atoms with Crippen molar-refractivity contribution in [2.75, 3.05) is 38.1 Å². The van der Waals surface area contributed by atoms with Gasteiger partial charge in [-0.2, -0.15) is 0 Å². The van der Waals surface area contributed by atoms with Gasteiger partial charge >= 0.3 is 5.69 Å². The van der Waals surface area contributed by atoms with Crippen LogP contribution in [0.15, 0.2) is 16.7 Å². The number of hydrogen-bond donors (Lipinski definition) is 0. The van der Waals surface area contributed by atoms with Crippen molar-refractivity contribution in [1.82, 2.24) is 9.88 Å². The van der Waals surface area contributed by atoms with E-state index in [0.29, 0.717) is 10.3 Å². The Bertz CT molecular complexity index is 463. The molecule has 19 heavy (non-hydrogen) atoms. The van der Waals surface area contributed by atoms with Crippen molar-refractivity contribution < 1.29 is 4.92 Å². The molecule has 2 rings (SSSR count). The first-order valence-corrected chi connectivity index (χ1v) is 7.10. The lowest BCUT2D eigenvalue weighted by atomic mass is 10.3. The van der Waals surface area contributed by atoms with Gasteiger partial charge in [-0.1, -0.05) is 0 Å². The van der Waals surface area contributed by atoms with Gasteiger partial charge in [-0.15, -0.1) is 0 Å². The monoisotopic (exact) mass is 328 g/mol. The molecule has 1 aliphatic heterocycles. The number of likely N-dealkylation sites (N-methyl/N-ethyl adjacent to an activating group) is 1. The molecule has 0 atom stereocenters. The maximum absolute atomic E-state index is 11.0. The second-order valence-corrected chi connectivity index (χ2v) is 5.64. The number of nitro groups is 1. The third-order valence-electron chi connectivity index (χ3n) is 3.32. The van der Waals surface area contributed by atoms with Gasteiger partial charge in [0.1, 0.15) is 0 Å². The molecule has 0 bridgehead atoms. The van der Waals surface area contributed by atoms with Crippen LogP contribution in [0.5, 0.6) is 0 Å². The van der Waals surface area contributed by atoms with Crippen molar-refractivity contribution in [1.29, 1.82) is 0 Å². The van der Waals surface area contributed by atoms with E-state index < -0.39 is 0 Å². The minimum absolute atomic E-state index is 0.0401. The fourth-order valence-corrected chi connectivity index (χ4v) is 2.57. The Kier molecular flexibility index (Phi) is 4.71. The Morgan fingerprint density at radius 3 is 2.84 bits per heavy atom. The van der Waals surface area contributed by atoms with Crippen LogP contribution in [0.4, 0.5) is 11.5 Å². The summed E-state index contributed by atoms with van der Waals surface area (Å²) in [6.07, 6.45) is 4.09. The van der Waals surface area contributed by atoms with E-state index in [2.05, 4.69) is 25.8 Å². The largest absolute Gasteiger partial charge is 0.353 e. The highest BCUT2D eigenvalue weighted by Crippen LogP contribution is 2.27. The Labute approximate surface area is 120 Å². The predicted molar refractivity (Wildman–Crippen MR) is 77.5 cm³/mol. The maximum atomic E-state index is 11.0. The van der Waals surface area contributed by atoms with Gasteiger partial charge < -0.3 is 9.80 Å². The van der Waals surface area contributed by atoms with Crippen molar-refractivity contribution in [2.45, 2.75) is 12.8 Å². The molecule has 0 N–H and O–H groups in total. The molecule has 7 heteroatoms. The van der Waals surface area contributed by atoms with Crippen molar-refractivity contribution in [2.24, 2.45) is 0 Å². The normalized spacial score (nSPS) is 15.7. The van der Waals surface area contributed by atoms with Crippen LogP contribution < -0.4 is 4.90 Å². The fourth-order valence-electron chi connectivity index (χ4n) is 2.25. The van der Waals surface area contributed by atoms with Crippen LogP contribution in [-0.2, 0) is 0 Å². The molecule has 1 aromatic rings. The average molecular weight is 329 g/mol. The first-order chi connectivity index (χ1) is 9.08.